The van der Waals surface area contributed by atoms with Gasteiger partial charge in [-0.15, -0.1) is 0 Å². The highest BCUT2D eigenvalue weighted by Crippen LogP contribution is 2.27. The summed E-state index contributed by atoms with van der Waals surface area (Å²) in [6.07, 6.45) is 0. The van der Waals surface area contributed by atoms with E-state index in [1.165, 1.54) is 12.1 Å². The van der Waals surface area contributed by atoms with E-state index < -0.39 is 4.92 Å². The number of nitrogens with zero attached hydrogens (tertiary/aromatic N) is 2. The number of amides is 1. The number of benzene rings is 2. The Labute approximate surface area is 169 Å². The normalized spacial score (nSPS) is 11.9. The first-order chi connectivity index (χ1) is 13.5. The van der Waals surface area contributed by atoms with Crippen LogP contribution in [0.15, 0.2) is 48.5 Å². The first kappa shape index (κ1) is 21.7. The van der Waals surface area contributed by atoms with E-state index in [9.17, 15) is 14.9 Å². The largest absolute Gasteiger partial charge is 0.477 e. The van der Waals surface area contributed by atoms with E-state index in [1.54, 1.807) is 12.1 Å². The Morgan fingerprint density at radius 2 is 1.82 bits per heavy atom. The van der Waals surface area contributed by atoms with Gasteiger partial charge < -0.3 is 10.1 Å². The van der Waals surface area contributed by atoms with Crippen LogP contribution in [0.1, 0.15) is 25.5 Å². The van der Waals surface area contributed by atoms with Crippen molar-refractivity contribution in [2.75, 3.05) is 26.2 Å². The minimum atomic E-state index is -0.541. The Bertz CT molecular complexity index is 812. The average Bonchev–Trinajstić information content (AvgIpc) is 2.70. The van der Waals surface area contributed by atoms with Crippen molar-refractivity contribution in [2.45, 2.75) is 19.9 Å². The van der Waals surface area contributed by atoms with Crippen LogP contribution < -0.4 is 10.1 Å². The maximum absolute atomic E-state index is 12.3. The topological polar surface area (TPSA) is 84.7 Å². The minimum Gasteiger partial charge on any atom is -0.477 e. The first-order valence-electron chi connectivity index (χ1n) is 9.09. The summed E-state index contributed by atoms with van der Waals surface area (Å²) >= 11 is 6.35. The molecule has 150 valence electrons. The second kappa shape index (κ2) is 10.6. The molecule has 28 heavy (non-hydrogen) atoms. The molecule has 0 radical (unpaired) electrons. The van der Waals surface area contributed by atoms with Crippen LogP contribution in [0.25, 0.3) is 0 Å². The van der Waals surface area contributed by atoms with Crippen molar-refractivity contribution in [3.63, 3.8) is 0 Å². The van der Waals surface area contributed by atoms with Crippen LogP contribution >= 0.6 is 11.6 Å². The van der Waals surface area contributed by atoms with Gasteiger partial charge in [-0.2, -0.15) is 0 Å². The number of hydrogen-bond donors (Lipinski definition) is 1. The standard InChI is InChI=1S/C20H24ClN3O4/c1-3-23(4-2)18(15-9-5-6-10-16(15)21)13-22-20(25)14-28-19-12-8-7-11-17(19)24(26)27/h5-12,18H,3-4,13-14H2,1-2H3,(H,22,25). The Kier molecular flexibility index (Phi) is 8.22. The molecule has 0 fully saturated rings. The molecule has 0 aliphatic heterocycles. The number of carbonyl (C=O) groups excluding carboxylic acids is 1. The van der Waals surface area contributed by atoms with Crippen LogP contribution in [0.4, 0.5) is 5.69 Å². The van der Waals surface area contributed by atoms with E-state index in [2.05, 4.69) is 10.2 Å². The van der Waals surface area contributed by atoms with Crippen molar-refractivity contribution < 1.29 is 14.5 Å². The molecule has 8 heteroatoms. The van der Waals surface area contributed by atoms with Crippen molar-refractivity contribution in [3.8, 4) is 5.75 Å². The Hall–Kier alpha value is -2.64. The van der Waals surface area contributed by atoms with Crippen LogP contribution in [-0.2, 0) is 4.79 Å². The lowest BCUT2D eigenvalue weighted by molar-refractivity contribution is -0.385. The van der Waals surface area contributed by atoms with Crippen molar-refractivity contribution >= 4 is 23.2 Å². The van der Waals surface area contributed by atoms with Gasteiger partial charge in [0.2, 0.25) is 0 Å². The fraction of sp³-hybridized carbons (Fsp3) is 0.350. The Morgan fingerprint density at radius 3 is 2.46 bits per heavy atom. The Balaban J connectivity index is 2.02. The van der Waals surface area contributed by atoms with Gasteiger partial charge in [-0.25, -0.2) is 0 Å². The molecule has 0 heterocycles. The van der Waals surface area contributed by atoms with Crippen molar-refractivity contribution in [1.29, 1.82) is 0 Å². The summed E-state index contributed by atoms with van der Waals surface area (Å²) in [5.41, 5.74) is 0.764. The van der Waals surface area contributed by atoms with E-state index in [0.717, 1.165) is 18.7 Å². The molecule has 0 aliphatic carbocycles. The molecule has 0 aliphatic rings. The fourth-order valence-electron chi connectivity index (χ4n) is 2.98. The molecule has 0 saturated heterocycles. The van der Waals surface area contributed by atoms with E-state index in [-0.39, 0.29) is 30.0 Å². The number of halogens is 1. The van der Waals surface area contributed by atoms with Crippen molar-refractivity contribution in [2.24, 2.45) is 0 Å². The summed E-state index contributed by atoms with van der Waals surface area (Å²) in [5.74, 6) is -0.295. The van der Waals surface area contributed by atoms with Gasteiger partial charge in [0.05, 0.1) is 11.0 Å². The highest BCUT2D eigenvalue weighted by atomic mass is 35.5. The third kappa shape index (κ3) is 5.68. The molecule has 0 spiro atoms. The van der Waals surface area contributed by atoms with E-state index in [0.29, 0.717) is 11.6 Å². The molecule has 0 aromatic heterocycles. The average molecular weight is 406 g/mol. The molecule has 0 bridgehead atoms. The molecule has 0 saturated carbocycles. The molecule has 7 nitrogen and oxygen atoms in total. The quantitative estimate of drug-likeness (QED) is 0.479. The number of nitro groups is 1. The highest BCUT2D eigenvalue weighted by molar-refractivity contribution is 6.31. The van der Waals surface area contributed by atoms with Crippen LogP contribution in [-0.4, -0.2) is 42.0 Å². The maximum Gasteiger partial charge on any atom is 0.310 e. The van der Waals surface area contributed by atoms with Crippen LogP contribution in [0.5, 0.6) is 5.75 Å². The molecule has 1 unspecified atom stereocenters. The number of hydrogen-bond acceptors (Lipinski definition) is 5. The maximum atomic E-state index is 12.3. The fourth-order valence-corrected chi connectivity index (χ4v) is 3.24. The number of para-hydroxylation sites is 2. The summed E-state index contributed by atoms with van der Waals surface area (Å²) in [4.78, 5) is 24.9. The summed E-state index contributed by atoms with van der Waals surface area (Å²) in [6.45, 7) is 5.74. The SMILES string of the molecule is CCN(CC)C(CNC(=O)COc1ccccc1[N+](=O)[O-])c1ccccc1Cl. The van der Waals surface area contributed by atoms with Gasteiger partial charge in [0, 0.05) is 17.6 Å². The van der Waals surface area contributed by atoms with Gasteiger partial charge in [-0.05, 0) is 30.8 Å². The van der Waals surface area contributed by atoms with Crippen LogP contribution in [0.2, 0.25) is 5.02 Å². The second-order valence-corrected chi connectivity index (χ2v) is 6.48. The minimum absolute atomic E-state index is 0.0639. The van der Waals surface area contributed by atoms with E-state index in [4.69, 9.17) is 16.3 Å². The van der Waals surface area contributed by atoms with Gasteiger partial charge in [0.15, 0.2) is 12.4 Å². The number of nitro benzene ring substituents is 1. The zero-order valence-electron chi connectivity index (χ0n) is 15.9. The van der Waals surface area contributed by atoms with E-state index in [1.807, 2.05) is 38.1 Å². The number of rotatable bonds is 10. The van der Waals surface area contributed by atoms with Gasteiger partial charge in [-0.3, -0.25) is 19.8 Å². The molecule has 2 rings (SSSR count). The molecular formula is C20H24ClN3O4. The lowest BCUT2D eigenvalue weighted by atomic mass is 10.0. The molecule has 2 aromatic carbocycles. The lowest BCUT2D eigenvalue weighted by Gasteiger charge is -2.30. The smallest absolute Gasteiger partial charge is 0.310 e. The van der Waals surface area contributed by atoms with Gasteiger partial charge in [-0.1, -0.05) is 55.8 Å². The number of ether oxygens (including phenoxy) is 1. The third-order valence-corrected chi connectivity index (χ3v) is 4.77. The third-order valence-electron chi connectivity index (χ3n) is 4.43. The van der Waals surface area contributed by atoms with Gasteiger partial charge in [0.25, 0.3) is 5.91 Å². The van der Waals surface area contributed by atoms with Crippen molar-refractivity contribution in [3.05, 3.63) is 69.2 Å². The van der Waals surface area contributed by atoms with Crippen LogP contribution in [0.3, 0.4) is 0 Å². The molecule has 2 aromatic rings. The van der Waals surface area contributed by atoms with E-state index >= 15 is 0 Å². The highest BCUT2D eigenvalue weighted by Gasteiger charge is 2.21. The van der Waals surface area contributed by atoms with Gasteiger partial charge in [0.1, 0.15) is 0 Å². The number of nitrogens with one attached hydrogen (secondary N) is 1. The first-order valence-corrected chi connectivity index (χ1v) is 9.47. The summed E-state index contributed by atoms with van der Waals surface area (Å²) in [6, 6.07) is 13.4. The van der Waals surface area contributed by atoms with Crippen molar-refractivity contribution in [1.82, 2.24) is 10.2 Å². The zero-order valence-corrected chi connectivity index (χ0v) is 16.7. The molecular weight excluding hydrogens is 382 g/mol. The number of likely N-dealkylation sites (N-methyl/N-ethyl adjacent to an activating group) is 1. The number of carbonyl (C=O) groups is 1. The summed E-state index contributed by atoms with van der Waals surface area (Å²) in [5, 5.41) is 14.5. The Morgan fingerprint density at radius 1 is 1.18 bits per heavy atom. The van der Waals surface area contributed by atoms with Crippen LogP contribution in [0, 0.1) is 10.1 Å². The molecule has 1 N–H and O–H groups in total. The predicted molar refractivity (Wildman–Crippen MR) is 109 cm³/mol. The summed E-state index contributed by atoms with van der Waals surface area (Å²) in [7, 11) is 0. The molecule has 1 atom stereocenters. The zero-order chi connectivity index (χ0) is 20.5. The van der Waals surface area contributed by atoms with Gasteiger partial charge >= 0.3 is 5.69 Å². The lowest BCUT2D eigenvalue weighted by Crippen LogP contribution is -2.39. The summed E-state index contributed by atoms with van der Waals surface area (Å²) < 4.78 is 5.34. The molecule has 1 amide bonds. The second-order valence-electron chi connectivity index (χ2n) is 6.08. The predicted octanol–water partition coefficient (Wildman–Crippen LogP) is 3.83. The monoisotopic (exact) mass is 405 g/mol.